The molecule has 0 aliphatic carbocycles. The first-order valence-corrected chi connectivity index (χ1v) is 16.7. The number of benzene rings is 4. The van der Waals surface area contributed by atoms with Crippen LogP contribution in [0.2, 0.25) is 0 Å². The molecule has 0 spiro atoms. The zero-order valence-corrected chi connectivity index (χ0v) is 27.7. The molecule has 50 heavy (non-hydrogen) atoms. The fourth-order valence-electron chi connectivity index (χ4n) is 4.89. The summed E-state index contributed by atoms with van der Waals surface area (Å²) in [5, 5.41) is 59.3. The van der Waals surface area contributed by atoms with E-state index in [4.69, 9.17) is 5.26 Å². The maximum atomic E-state index is 12.6. The number of para-hydroxylation sites is 2. The van der Waals surface area contributed by atoms with Crippen molar-refractivity contribution in [3.8, 4) is 34.3 Å². The zero-order valence-electron chi connectivity index (χ0n) is 26.1. The highest BCUT2D eigenvalue weighted by atomic mass is 32.2. The number of nitrogens with zero attached hydrogens (tertiary/aromatic N) is 8. The topological polar surface area (TPSA) is 219 Å². The third-order valence-corrected chi connectivity index (χ3v) is 8.74. The lowest BCUT2D eigenvalue weighted by atomic mass is 10.0. The van der Waals surface area contributed by atoms with Crippen molar-refractivity contribution in [1.29, 1.82) is 0 Å². The fourth-order valence-corrected chi connectivity index (χ4v) is 6.15. The molecule has 0 saturated heterocycles. The van der Waals surface area contributed by atoms with Crippen molar-refractivity contribution in [2.45, 2.75) is 23.6 Å². The Bertz CT molecular complexity index is 2350. The maximum absolute atomic E-state index is 12.6. The molecule has 18 heteroatoms. The van der Waals surface area contributed by atoms with Crippen LogP contribution < -0.4 is 0 Å². The van der Waals surface area contributed by atoms with E-state index in [-0.39, 0.29) is 50.5 Å². The van der Waals surface area contributed by atoms with Crippen molar-refractivity contribution in [1.82, 2.24) is 19.6 Å². The standard InChI is InChI=1S/C32H26N8O8S2/c1-19-29(31(41)39(37-19)23-9-5-3-6-10-23)35-33-21-13-15-25(27(17-21)49-48-47-43)26-16-14-22(18-28(26)50(44,45)46)34-36-30-20(2)38-40(32(30)42)24-11-7-4-8-12-24/h3-18,41-43H,1-2H3,(H,44,45,46). The van der Waals surface area contributed by atoms with E-state index >= 15 is 0 Å². The minimum absolute atomic E-state index is 0.0347. The fraction of sp³-hybridized carbons (Fsp3) is 0.0625. The number of azo groups is 2. The summed E-state index contributed by atoms with van der Waals surface area (Å²) in [5.74, 6) is -0.504. The van der Waals surface area contributed by atoms with Gasteiger partial charge in [0, 0.05) is 10.5 Å². The summed E-state index contributed by atoms with van der Waals surface area (Å²) >= 11 is 0.525. The molecule has 16 nitrogen and oxygen atoms in total. The Labute approximate surface area is 288 Å². The van der Waals surface area contributed by atoms with Gasteiger partial charge in [-0.2, -0.15) is 38.2 Å². The van der Waals surface area contributed by atoms with Crippen LogP contribution >= 0.6 is 12.0 Å². The van der Waals surface area contributed by atoms with Crippen LogP contribution in [0.5, 0.6) is 11.8 Å². The Morgan fingerprint density at radius 3 is 1.64 bits per heavy atom. The molecule has 6 rings (SSSR count). The van der Waals surface area contributed by atoms with Gasteiger partial charge in [-0.25, -0.2) is 5.26 Å². The highest BCUT2D eigenvalue weighted by molar-refractivity contribution is 7.94. The molecule has 0 unspecified atom stereocenters. The molecule has 6 aromatic rings. The maximum Gasteiger partial charge on any atom is 0.295 e. The molecule has 0 saturated carbocycles. The Hall–Kier alpha value is -5.76. The Kier molecular flexibility index (Phi) is 9.81. The average Bonchev–Trinajstić information content (AvgIpc) is 3.57. The van der Waals surface area contributed by atoms with Gasteiger partial charge in [0.1, 0.15) is 4.90 Å². The predicted molar refractivity (Wildman–Crippen MR) is 181 cm³/mol. The van der Waals surface area contributed by atoms with Crippen molar-refractivity contribution >= 4 is 44.9 Å². The second-order valence-electron chi connectivity index (χ2n) is 10.5. The monoisotopic (exact) mass is 714 g/mol. The van der Waals surface area contributed by atoms with Crippen LogP contribution in [0.3, 0.4) is 0 Å². The Morgan fingerprint density at radius 1 is 0.680 bits per heavy atom. The summed E-state index contributed by atoms with van der Waals surface area (Å²) in [6.45, 7) is 3.29. The highest BCUT2D eigenvalue weighted by Gasteiger charge is 2.22. The number of aromatic hydroxyl groups is 2. The molecule has 0 aliphatic heterocycles. The first kappa shape index (κ1) is 34.1. The average molecular weight is 715 g/mol. The Balaban J connectivity index is 1.33. The summed E-state index contributed by atoms with van der Waals surface area (Å²) < 4.78 is 42.7. The summed E-state index contributed by atoms with van der Waals surface area (Å²) in [6, 6.07) is 26.2. The molecule has 4 aromatic carbocycles. The molecule has 0 amide bonds. The van der Waals surface area contributed by atoms with Crippen LogP contribution in [-0.4, -0.2) is 48.0 Å². The zero-order chi connectivity index (χ0) is 35.4. The molecule has 0 fully saturated rings. The molecule has 2 aromatic heterocycles. The lowest BCUT2D eigenvalue weighted by molar-refractivity contribution is -0.432. The van der Waals surface area contributed by atoms with Crippen molar-refractivity contribution in [3.63, 3.8) is 0 Å². The highest BCUT2D eigenvalue weighted by Crippen LogP contribution is 2.41. The lowest BCUT2D eigenvalue weighted by Crippen LogP contribution is -2.01. The van der Waals surface area contributed by atoms with Crippen molar-refractivity contribution in [3.05, 3.63) is 108 Å². The van der Waals surface area contributed by atoms with E-state index in [1.54, 1.807) is 62.4 Å². The van der Waals surface area contributed by atoms with E-state index in [1.807, 2.05) is 12.1 Å². The minimum atomic E-state index is -4.84. The lowest BCUT2D eigenvalue weighted by Gasteiger charge is -2.12. The largest absolute Gasteiger partial charge is 0.492 e. The van der Waals surface area contributed by atoms with Crippen molar-refractivity contribution in [2.75, 3.05) is 0 Å². The van der Waals surface area contributed by atoms with E-state index < -0.39 is 15.0 Å². The van der Waals surface area contributed by atoms with Gasteiger partial charge in [-0.1, -0.05) is 53.6 Å². The van der Waals surface area contributed by atoms with Crippen molar-refractivity contribution in [2.24, 2.45) is 20.5 Å². The first-order chi connectivity index (χ1) is 24.0. The number of rotatable bonds is 11. The molecular weight excluding hydrogens is 689 g/mol. The molecule has 254 valence electrons. The van der Waals surface area contributed by atoms with E-state index in [0.29, 0.717) is 34.8 Å². The Morgan fingerprint density at radius 2 is 1.16 bits per heavy atom. The van der Waals surface area contributed by atoms with Crippen molar-refractivity contribution < 1.29 is 37.8 Å². The van der Waals surface area contributed by atoms with Crippen LogP contribution in [0.25, 0.3) is 22.5 Å². The molecule has 0 atom stereocenters. The summed E-state index contributed by atoms with van der Waals surface area (Å²) in [4.78, 5) is -0.325. The third-order valence-electron chi connectivity index (χ3n) is 7.20. The third kappa shape index (κ3) is 7.15. The summed E-state index contributed by atoms with van der Waals surface area (Å²) in [6.07, 6.45) is 0. The summed E-state index contributed by atoms with van der Waals surface area (Å²) in [7, 11) is -4.84. The van der Waals surface area contributed by atoms with Gasteiger partial charge in [0.15, 0.2) is 11.4 Å². The molecule has 4 N–H and O–H groups in total. The van der Waals surface area contributed by atoms with Gasteiger partial charge in [-0.3, -0.25) is 4.55 Å². The second-order valence-corrected chi connectivity index (χ2v) is 12.6. The molecule has 0 aliphatic rings. The van der Waals surface area contributed by atoms with Gasteiger partial charge in [-0.15, -0.1) is 14.6 Å². The van der Waals surface area contributed by atoms with Crippen LogP contribution in [0.1, 0.15) is 11.4 Å². The molecule has 2 heterocycles. The van der Waals surface area contributed by atoms with Gasteiger partial charge in [0.2, 0.25) is 11.8 Å². The van der Waals surface area contributed by atoms with E-state index in [1.165, 1.54) is 39.7 Å². The SMILES string of the molecule is Cc1nn(-c2ccccc2)c(O)c1N=Nc1ccc(-c2ccc(N=Nc3c(C)nn(-c4ccccc4)c3O)cc2S(=O)(=O)O)c(SOOO)c1. The predicted octanol–water partition coefficient (Wildman–Crippen LogP) is 8.26. The van der Waals surface area contributed by atoms with E-state index in [0.717, 1.165) is 6.07 Å². The molecule has 0 bridgehead atoms. The van der Waals surface area contributed by atoms with Gasteiger partial charge < -0.3 is 10.2 Å². The van der Waals surface area contributed by atoms with E-state index in [9.17, 15) is 23.2 Å². The van der Waals surface area contributed by atoms with Gasteiger partial charge in [-0.05, 0) is 67.9 Å². The number of aryl methyl sites for hydroxylation is 2. The summed E-state index contributed by atoms with van der Waals surface area (Å²) in [5.41, 5.74) is 2.71. The second kappa shape index (κ2) is 14.4. The van der Waals surface area contributed by atoms with Gasteiger partial charge in [0.05, 0.1) is 46.2 Å². The van der Waals surface area contributed by atoms with Gasteiger partial charge in [0.25, 0.3) is 10.1 Å². The van der Waals surface area contributed by atoms with Crippen LogP contribution in [0, 0.1) is 13.8 Å². The number of hydrogen-bond donors (Lipinski definition) is 4. The normalized spacial score (nSPS) is 12.0. The smallest absolute Gasteiger partial charge is 0.295 e. The van der Waals surface area contributed by atoms with E-state index in [2.05, 4.69) is 40.0 Å². The molecule has 0 radical (unpaired) electrons. The number of hydrogen-bond acceptors (Lipinski definition) is 14. The minimum Gasteiger partial charge on any atom is -0.492 e. The number of aromatic nitrogens is 4. The first-order valence-electron chi connectivity index (χ1n) is 14.5. The quantitative estimate of drug-likeness (QED) is 0.0329. The molecular formula is C32H26N8O8S2. The van der Waals surface area contributed by atoms with Gasteiger partial charge >= 0.3 is 0 Å². The van der Waals surface area contributed by atoms with Crippen LogP contribution in [0.4, 0.5) is 22.7 Å². The van der Waals surface area contributed by atoms with Crippen LogP contribution in [0.15, 0.2) is 127 Å². The van der Waals surface area contributed by atoms with Crippen LogP contribution in [-0.2, 0) is 19.5 Å².